The molecule has 3 rings (SSSR count). The van der Waals surface area contributed by atoms with Gasteiger partial charge in [-0.25, -0.2) is 8.42 Å². The Morgan fingerprint density at radius 2 is 1.96 bits per heavy atom. The van der Waals surface area contributed by atoms with E-state index >= 15 is 0 Å². The van der Waals surface area contributed by atoms with Crippen molar-refractivity contribution in [3.8, 4) is 5.75 Å². The van der Waals surface area contributed by atoms with Crippen LogP contribution in [0.3, 0.4) is 0 Å². The highest BCUT2D eigenvalue weighted by Crippen LogP contribution is 2.31. The molecule has 2 aromatic carbocycles. The van der Waals surface area contributed by atoms with Gasteiger partial charge in [-0.2, -0.15) is 0 Å². The van der Waals surface area contributed by atoms with Crippen molar-refractivity contribution in [2.24, 2.45) is 0 Å². The lowest BCUT2D eigenvalue weighted by Crippen LogP contribution is -2.32. The molecule has 0 spiro atoms. The Morgan fingerprint density at radius 3 is 2.67 bits per heavy atom. The van der Waals surface area contributed by atoms with E-state index in [2.05, 4.69) is 9.62 Å². The van der Waals surface area contributed by atoms with Crippen LogP contribution in [0, 0.1) is 6.92 Å². The van der Waals surface area contributed by atoms with Gasteiger partial charge in [0.15, 0.2) is 0 Å². The molecule has 0 saturated carbocycles. The molecule has 1 N–H and O–H groups in total. The second-order valence-corrected chi connectivity index (χ2v) is 8.35. The van der Waals surface area contributed by atoms with Gasteiger partial charge in [-0.3, -0.25) is 4.72 Å². The number of hydrogen-bond donors (Lipinski definition) is 1. The Kier molecular flexibility index (Phi) is 5.92. The molecular weight excluding hydrogens is 364 g/mol. The first-order chi connectivity index (χ1) is 12.9. The number of benzene rings is 2. The molecule has 1 aliphatic rings. The Hall–Kier alpha value is -2.25. The molecule has 0 amide bonds. The van der Waals surface area contributed by atoms with Crippen molar-refractivity contribution in [3.63, 3.8) is 0 Å². The van der Waals surface area contributed by atoms with Gasteiger partial charge >= 0.3 is 0 Å². The Balaban J connectivity index is 1.86. The number of rotatable bonds is 7. The largest absolute Gasteiger partial charge is 0.496 e. The zero-order valence-electron chi connectivity index (χ0n) is 16.0. The van der Waals surface area contributed by atoms with Gasteiger partial charge in [-0.15, -0.1) is 0 Å². The molecule has 0 aromatic heterocycles. The van der Waals surface area contributed by atoms with Gasteiger partial charge < -0.3 is 14.4 Å². The summed E-state index contributed by atoms with van der Waals surface area (Å²) in [6.45, 7) is 4.20. The first kappa shape index (κ1) is 19.5. The van der Waals surface area contributed by atoms with Crippen LogP contribution < -0.4 is 14.4 Å². The highest BCUT2D eigenvalue weighted by atomic mass is 32.2. The van der Waals surface area contributed by atoms with E-state index in [4.69, 9.17) is 9.47 Å². The van der Waals surface area contributed by atoms with E-state index in [0.29, 0.717) is 18.0 Å². The van der Waals surface area contributed by atoms with Crippen LogP contribution in [0.1, 0.15) is 17.5 Å². The summed E-state index contributed by atoms with van der Waals surface area (Å²) in [5.74, 6) is 0.663. The lowest BCUT2D eigenvalue weighted by molar-refractivity contribution is 0.205. The first-order valence-corrected chi connectivity index (χ1v) is 10.5. The van der Waals surface area contributed by atoms with E-state index in [9.17, 15) is 8.42 Å². The standard InChI is InChI=1S/C20H26N2O4S/c1-15-13-18(8-9-20(15)26-3)27(23,24)21-17-7-6-16-5-4-10-22(11-12-25-2)19(16)14-17/h6-9,13-14,21H,4-5,10-12H2,1-3H3. The number of ether oxygens (including phenoxy) is 2. The van der Waals surface area contributed by atoms with Crippen molar-refractivity contribution in [3.05, 3.63) is 47.5 Å². The van der Waals surface area contributed by atoms with Gasteiger partial charge in [0.2, 0.25) is 0 Å². The van der Waals surface area contributed by atoms with Crippen LogP contribution in [0.2, 0.25) is 0 Å². The van der Waals surface area contributed by atoms with Crippen LogP contribution in [-0.2, 0) is 21.2 Å². The summed E-state index contributed by atoms with van der Waals surface area (Å²) in [7, 11) is -0.417. The number of nitrogens with zero attached hydrogens (tertiary/aromatic N) is 1. The van der Waals surface area contributed by atoms with Crippen LogP contribution >= 0.6 is 0 Å². The third-order valence-electron chi connectivity index (χ3n) is 4.79. The maximum Gasteiger partial charge on any atom is 0.261 e. The maximum atomic E-state index is 12.8. The third-order valence-corrected chi connectivity index (χ3v) is 6.17. The number of nitrogens with one attached hydrogen (secondary N) is 1. The maximum absolute atomic E-state index is 12.8. The van der Waals surface area contributed by atoms with E-state index in [1.165, 1.54) is 5.56 Å². The number of aryl methyl sites for hydroxylation is 2. The van der Waals surface area contributed by atoms with Gasteiger partial charge in [0.05, 0.1) is 24.3 Å². The van der Waals surface area contributed by atoms with E-state index < -0.39 is 10.0 Å². The van der Waals surface area contributed by atoms with E-state index in [0.717, 1.165) is 37.2 Å². The van der Waals surface area contributed by atoms with Crippen LogP contribution in [-0.4, -0.2) is 42.3 Å². The average Bonchev–Trinajstić information content (AvgIpc) is 2.66. The summed E-state index contributed by atoms with van der Waals surface area (Å²) in [6, 6.07) is 10.6. The van der Waals surface area contributed by atoms with Crippen LogP contribution in [0.15, 0.2) is 41.3 Å². The molecule has 0 unspecified atom stereocenters. The summed E-state index contributed by atoms with van der Waals surface area (Å²) in [4.78, 5) is 2.47. The summed E-state index contributed by atoms with van der Waals surface area (Å²) < 4.78 is 38.7. The molecule has 146 valence electrons. The van der Waals surface area contributed by atoms with Gasteiger partial charge in [-0.05, 0) is 61.2 Å². The van der Waals surface area contributed by atoms with Crippen molar-refractivity contribution in [2.75, 3.05) is 43.5 Å². The second kappa shape index (κ2) is 8.19. The Labute approximate surface area is 161 Å². The SMILES string of the molecule is COCCN1CCCc2ccc(NS(=O)(=O)c3ccc(OC)c(C)c3)cc21. The van der Waals surface area contributed by atoms with Crippen molar-refractivity contribution in [1.29, 1.82) is 0 Å². The lowest BCUT2D eigenvalue weighted by atomic mass is 10.0. The third kappa shape index (κ3) is 4.36. The summed E-state index contributed by atoms with van der Waals surface area (Å²) in [5, 5.41) is 0. The predicted molar refractivity (Wildman–Crippen MR) is 107 cm³/mol. The summed E-state index contributed by atoms with van der Waals surface area (Å²) in [5.41, 5.74) is 3.65. The fourth-order valence-electron chi connectivity index (χ4n) is 3.38. The fraction of sp³-hybridized carbons (Fsp3) is 0.400. The Morgan fingerprint density at radius 1 is 1.15 bits per heavy atom. The van der Waals surface area contributed by atoms with E-state index in [-0.39, 0.29) is 4.90 Å². The predicted octanol–water partition coefficient (Wildman–Crippen LogP) is 3.20. The lowest BCUT2D eigenvalue weighted by Gasteiger charge is -2.31. The number of sulfonamides is 1. The molecular formula is C20H26N2O4S. The molecule has 7 heteroatoms. The van der Waals surface area contributed by atoms with Gasteiger partial charge in [-0.1, -0.05) is 6.07 Å². The molecule has 0 atom stereocenters. The van der Waals surface area contributed by atoms with E-state index in [1.54, 1.807) is 32.4 Å². The monoisotopic (exact) mass is 390 g/mol. The first-order valence-electron chi connectivity index (χ1n) is 8.99. The van der Waals surface area contributed by atoms with Crippen molar-refractivity contribution in [1.82, 2.24) is 0 Å². The van der Waals surface area contributed by atoms with Crippen molar-refractivity contribution >= 4 is 21.4 Å². The number of hydrogen-bond acceptors (Lipinski definition) is 5. The Bertz CT molecular complexity index is 912. The zero-order valence-corrected chi connectivity index (χ0v) is 16.8. The second-order valence-electron chi connectivity index (χ2n) is 6.66. The molecule has 6 nitrogen and oxygen atoms in total. The molecule has 0 fully saturated rings. The van der Waals surface area contributed by atoms with Crippen LogP contribution in [0.5, 0.6) is 5.75 Å². The van der Waals surface area contributed by atoms with Gasteiger partial charge in [0, 0.05) is 25.9 Å². The quantitative estimate of drug-likeness (QED) is 0.786. The minimum atomic E-state index is -3.67. The molecule has 0 bridgehead atoms. The smallest absolute Gasteiger partial charge is 0.261 e. The molecule has 2 aromatic rings. The summed E-state index contributed by atoms with van der Waals surface area (Å²) in [6.07, 6.45) is 2.09. The van der Waals surface area contributed by atoms with Gasteiger partial charge in [0.25, 0.3) is 10.0 Å². The number of anilines is 2. The zero-order chi connectivity index (χ0) is 19.4. The van der Waals surface area contributed by atoms with Crippen LogP contribution in [0.25, 0.3) is 0 Å². The molecule has 0 radical (unpaired) electrons. The fourth-order valence-corrected chi connectivity index (χ4v) is 4.51. The van der Waals surface area contributed by atoms with E-state index in [1.807, 2.05) is 25.1 Å². The molecule has 27 heavy (non-hydrogen) atoms. The molecule has 0 aliphatic carbocycles. The molecule has 0 saturated heterocycles. The highest BCUT2D eigenvalue weighted by Gasteiger charge is 2.20. The van der Waals surface area contributed by atoms with Crippen molar-refractivity contribution < 1.29 is 17.9 Å². The minimum Gasteiger partial charge on any atom is -0.496 e. The topological polar surface area (TPSA) is 67.9 Å². The molecule has 1 heterocycles. The normalized spacial score (nSPS) is 14.0. The van der Waals surface area contributed by atoms with Crippen LogP contribution in [0.4, 0.5) is 11.4 Å². The highest BCUT2D eigenvalue weighted by molar-refractivity contribution is 7.92. The minimum absolute atomic E-state index is 0.217. The van der Waals surface area contributed by atoms with Gasteiger partial charge in [0.1, 0.15) is 5.75 Å². The summed E-state index contributed by atoms with van der Waals surface area (Å²) >= 11 is 0. The number of fused-ring (bicyclic) bond motifs is 1. The van der Waals surface area contributed by atoms with Crippen molar-refractivity contribution in [2.45, 2.75) is 24.7 Å². The number of methoxy groups -OCH3 is 2. The average molecular weight is 391 g/mol. The molecule has 1 aliphatic heterocycles.